The number of hydrogen-bond acceptors (Lipinski definition) is 6. The van der Waals surface area contributed by atoms with Gasteiger partial charge in [-0.05, 0) is 68.1 Å². The number of nitrogens with one attached hydrogen (secondary N) is 3. The summed E-state index contributed by atoms with van der Waals surface area (Å²) in [6.07, 6.45) is 2.13. The molecule has 3 N–H and O–H groups in total. The van der Waals surface area contributed by atoms with E-state index in [-0.39, 0.29) is 43.0 Å². The Morgan fingerprint density at radius 2 is 1.85 bits per heavy atom. The summed E-state index contributed by atoms with van der Waals surface area (Å²) < 4.78 is 51.1. The first-order valence-corrected chi connectivity index (χ1v) is 16.5. The lowest BCUT2D eigenvalue weighted by Gasteiger charge is -2.45. The van der Waals surface area contributed by atoms with E-state index in [1.54, 1.807) is 13.0 Å². The summed E-state index contributed by atoms with van der Waals surface area (Å²) in [4.78, 5) is 58.1. The molecule has 10 nitrogen and oxygen atoms in total. The van der Waals surface area contributed by atoms with Crippen LogP contribution in [-0.4, -0.2) is 109 Å². The molecule has 1 aromatic rings. The number of amides is 4. The highest BCUT2D eigenvalue weighted by Gasteiger charge is 2.76. The van der Waals surface area contributed by atoms with Crippen LogP contribution < -0.4 is 16.0 Å². The number of ether oxygens (including phenoxy) is 1. The average molecular weight is 649 g/mol. The first-order valence-electron chi connectivity index (χ1n) is 16.5. The van der Waals surface area contributed by atoms with Gasteiger partial charge < -0.3 is 25.6 Å². The lowest BCUT2D eigenvalue weighted by Crippen LogP contribution is -2.70. The molecule has 1 saturated heterocycles. The van der Waals surface area contributed by atoms with E-state index in [4.69, 9.17) is 4.74 Å². The number of methoxy groups -OCH3 is 1. The number of nitrogens with zero attached hydrogens (tertiary/aromatic N) is 2. The fourth-order valence-corrected chi connectivity index (χ4v) is 8.08. The topological polar surface area (TPSA) is 117 Å². The molecule has 3 unspecified atom stereocenters. The van der Waals surface area contributed by atoms with Crippen LogP contribution in [-0.2, 0) is 23.9 Å². The van der Waals surface area contributed by atoms with Gasteiger partial charge in [-0.1, -0.05) is 13.0 Å². The zero-order valence-corrected chi connectivity index (χ0v) is 26.9. The maximum atomic E-state index is 17.1. The van der Waals surface area contributed by atoms with E-state index in [9.17, 15) is 23.6 Å². The van der Waals surface area contributed by atoms with Gasteiger partial charge in [0.1, 0.15) is 24.6 Å². The van der Waals surface area contributed by atoms with Gasteiger partial charge in [0.25, 0.3) is 11.8 Å². The average Bonchev–Trinajstić information content (AvgIpc) is 3.91. The minimum atomic E-state index is -2.56. The zero-order valence-electron chi connectivity index (χ0n) is 26.9. The van der Waals surface area contributed by atoms with E-state index in [1.807, 2.05) is 0 Å². The minimum Gasteiger partial charge on any atom is -0.368 e. The molecular weight excluding hydrogens is 603 g/mol. The molecule has 252 valence electrons. The largest absolute Gasteiger partial charge is 0.368 e. The molecular formula is C33H45F3N5O5+. The molecule has 3 saturated carbocycles. The van der Waals surface area contributed by atoms with Crippen LogP contribution in [0.4, 0.5) is 18.9 Å². The zero-order chi connectivity index (χ0) is 33.1. The number of piperazine rings is 1. The summed E-state index contributed by atoms with van der Waals surface area (Å²) >= 11 is 0. The molecule has 0 radical (unpaired) electrons. The van der Waals surface area contributed by atoms with Crippen molar-refractivity contribution < 1.29 is 41.6 Å². The number of rotatable bonds is 7. The van der Waals surface area contributed by atoms with Crippen molar-refractivity contribution >= 4 is 29.3 Å². The number of carbonyl (C=O) groups excluding carboxylic acids is 4. The highest BCUT2D eigenvalue weighted by Crippen LogP contribution is 2.53. The Bertz CT molecular complexity index is 1400. The third-order valence-corrected chi connectivity index (χ3v) is 11.2. The van der Waals surface area contributed by atoms with Crippen molar-refractivity contribution in [1.29, 1.82) is 0 Å². The first kappa shape index (κ1) is 32.9. The van der Waals surface area contributed by atoms with Gasteiger partial charge in [-0.25, -0.2) is 22.4 Å². The Balaban J connectivity index is 1.48. The van der Waals surface area contributed by atoms with Gasteiger partial charge in [-0.15, -0.1) is 0 Å². The number of benzene rings is 1. The Morgan fingerprint density at radius 1 is 1.17 bits per heavy atom. The number of likely N-dealkylation sites (N-methyl/N-ethyl adjacent to an activating group) is 1. The summed E-state index contributed by atoms with van der Waals surface area (Å²) in [6.45, 7) is 3.02. The normalized spacial score (nSPS) is 35.6. The quantitative estimate of drug-likeness (QED) is 0.392. The van der Waals surface area contributed by atoms with Crippen LogP contribution in [0.5, 0.6) is 0 Å². The third-order valence-electron chi connectivity index (χ3n) is 11.2. The number of hydrogen-bond donors (Lipinski definition) is 3. The number of anilines is 1. The van der Waals surface area contributed by atoms with Crippen LogP contribution in [0.1, 0.15) is 57.4 Å². The Kier molecular flexibility index (Phi) is 8.73. The van der Waals surface area contributed by atoms with E-state index < -0.39 is 82.5 Å². The van der Waals surface area contributed by atoms with Gasteiger partial charge in [0, 0.05) is 32.7 Å². The summed E-state index contributed by atoms with van der Waals surface area (Å²) in [6, 6.07) is -0.0634. The Hall–Kier alpha value is -3.03. The lowest BCUT2D eigenvalue weighted by molar-refractivity contribution is -0.867. The van der Waals surface area contributed by atoms with Crippen molar-refractivity contribution in [3.05, 3.63) is 29.6 Å². The summed E-state index contributed by atoms with van der Waals surface area (Å²) in [5.74, 6) is -4.19. The van der Waals surface area contributed by atoms with Crippen molar-refractivity contribution in [1.82, 2.24) is 15.5 Å². The molecule has 46 heavy (non-hydrogen) atoms. The number of fused-ring (bicyclic) bond motifs is 8. The van der Waals surface area contributed by atoms with Gasteiger partial charge in [-0.2, -0.15) is 0 Å². The predicted octanol–water partition coefficient (Wildman–Crippen LogP) is 2.43. The first-order chi connectivity index (χ1) is 21.8. The molecule has 1 aromatic carbocycles. The maximum Gasteiger partial charge on any atom is 0.343 e. The Labute approximate surface area is 267 Å². The second kappa shape index (κ2) is 12.2. The van der Waals surface area contributed by atoms with Crippen LogP contribution in [0.3, 0.4) is 0 Å². The number of alkyl halides is 2. The maximum absolute atomic E-state index is 17.1. The molecule has 8 atom stereocenters. The van der Waals surface area contributed by atoms with E-state index in [1.165, 1.54) is 38.1 Å². The molecule has 2 bridgehead atoms. The fraction of sp³-hybridized carbons (Fsp3) is 0.697. The highest BCUT2D eigenvalue weighted by molar-refractivity contribution is 6.00. The van der Waals surface area contributed by atoms with Gasteiger partial charge in [0.15, 0.2) is 12.1 Å². The molecule has 4 fully saturated rings. The number of carbonyl (C=O) groups is 4. The molecule has 3 heterocycles. The lowest BCUT2D eigenvalue weighted by atomic mass is 9.87. The highest BCUT2D eigenvalue weighted by atomic mass is 19.1. The van der Waals surface area contributed by atoms with Crippen molar-refractivity contribution in [3.8, 4) is 0 Å². The molecule has 0 aromatic heterocycles. The van der Waals surface area contributed by atoms with Crippen molar-refractivity contribution in [3.63, 3.8) is 0 Å². The molecule has 6 aliphatic rings. The van der Waals surface area contributed by atoms with E-state index in [0.717, 1.165) is 25.7 Å². The molecule has 7 rings (SSSR count). The number of quaternary nitrogens is 1. The van der Waals surface area contributed by atoms with Crippen LogP contribution >= 0.6 is 0 Å². The molecule has 0 spiro atoms. The van der Waals surface area contributed by atoms with Crippen LogP contribution in [0.25, 0.3) is 0 Å². The fourth-order valence-electron chi connectivity index (χ4n) is 8.08. The van der Waals surface area contributed by atoms with Gasteiger partial charge in [0.2, 0.25) is 11.6 Å². The predicted molar refractivity (Wildman–Crippen MR) is 162 cm³/mol. The molecule has 13 heteroatoms. The second-order valence-electron chi connectivity index (χ2n) is 14.2. The molecule has 4 amide bonds. The van der Waals surface area contributed by atoms with Crippen LogP contribution in [0, 0.1) is 23.6 Å². The van der Waals surface area contributed by atoms with Gasteiger partial charge >= 0.3 is 5.91 Å². The molecule has 3 aliphatic carbocycles. The minimum absolute atomic E-state index is 0.0310. The van der Waals surface area contributed by atoms with Crippen LogP contribution in [0.15, 0.2) is 18.2 Å². The van der Waals surface area contributed by atoms with Crippen molar-refractivity contribution in [2.75, 3.05) is 45.8 Å². The summed E-state index contributed by atoms with van der Waals surface area (Å²) in [5, 5.41) is 8.37. The number of halogens is 3. The van der Waals surface area contributed by atoms with E-state index >= 15 is 8.78 Å². The van der Waals surface area contributed by atoms with Crippen molar-refractivity contribution in [2.45, 2.75) is 87.8 Å². The standard InChI is InChI=1S/C33H44F3N5O5/c1-17-21-9-10-24(23(35)13-21)38-29(42)27(26(19-5-6-19)20-7-8-20)39-32(45)33(36)14-25(33)41(3,31(44)18(2)46-4)28(17)30(43)40-12-11-37-22(15-34)16-40/h9-10,13,17-20,22,25-28,37H,5-8,11-12,14-16H2,1-4H3,(H-,38,39,42,45)/p+1/t17-,18-,22+,25?,27-,28+,33?,41?/m0/s1. The van der Waals surface area contributed by atoms with Gasteiger partial charge in [0.05, 0.1) is 25.2 Å². The van der Waals surface area contributed by atoms with Crippen LogP contribution in [0.2, 0.25) is 0 Å². The van der Waals surface area contributed by atoms with E-state index in [2.05, 4.69) is 16.0 Å². The second-order valence-corrected chi connectivity index (χ2v) is 14.2. The molecule has 3 aliphatic heterocycles. The monoisotopic (exact) mass is 648 g/mol. The van der Waals surface area contributed by atoms with Crippen molar-refractivity contribution in [2.24, 2.45) is 17.8 Å². The summed E-state index contributed by atoms with van der Waals surface area (Å²) in [7, 11) is 2.78. The SMILES string of the molecule is CO[C@@H](C)C(=O)[N+]1(C)C2CC2(F)C(=O)N[C@@H](C(C2CC2)C2CC2)C(=O)Nc2ccc(cc2F)[C@H](C)[C@@H]1C(=O)N1CCN[C@H](CF)C1. The van der Waals surface area contributed by atoms with Gasteiger partial charge in [-0.3, -0.25) is 14.4 Å². The van der Waals surface area contributed by atoms with E-state index in [0.29, 0.717) is 12.1 Å². The smallest absolute Gasteiger partial charge is 0.343 e. The third kappa shape index (κ3) is 5.72. The Morgan fingerprint density at radius 3 is 2.43 bits per heavy atom. The summed E-state index contributed by atoms with van der Waals surface area (Å²) in [5.41, 5.74) is -2.31.